The van der Waals surface area contributed by atoms with E-state index in [4.69, 9.17) is 9.73 Å². The molecular weight excluding hydrogens is 441 g/mol. The molecule has 1 saturated heterocycles. The molecule has 0 spiro atoms. The van der Waals surface area contributed by atoms with E-state index >= 15 is 0 Å². The van der Waals surface area contributed by atoms with Crippen molar-refractivity contribution in [3.8, 4) is 0 Å². The zero-order valence-electron chi connectivity index (χ0n) is 16.6. The Bertz CT molecular complexity index is 494. The Balaban J connectivity index is 0.00000338. The van der Waals surface area contributed by atoms with Gasteiger partial charge in [0.15, 0.2) is 5.96 Å². The maximum absolute atomic E-state index is 5.63. The lowest BCUT2D eigenvalue weighted by Gasteiger charge is -2.39. The number of hydrogen-bond donors (Lipinski definition) is 1. The normalized spacial score (nSPS) is 20.7. The van der Waals surface area contributed by atoms with E-state index in [0.29, 0.717) is 12.0 Å². The van der Waals surface area contributed by atoms with Crippen molar-refractivity contribution in [3.05, 3.63) is 18.7 Å². The van der Waals surface area contributed by atoms with Crippen LogP contribution in [0.25, 0.3) is 0 Å². The minimum atomic E-state index is 0. The lowest BCUT2D eigenvalue weighted by Crippen LogP contribution is -2.49. The van der Waals surface area contributed by atoms with Gasteiger partial charge in [0, 0.05) is 51.8 Å². The second-order valence-corrected chi connectivity index (χ2v) is 6.84. The highest BCUT2D eigenvalue weighted by molar-refractivity contribution is 14.0. The summed E-state index contributed by atoms with van der Waals surface area (Å²) in [7, 11) is 0. The molecule has 0 bridgehead atoms. The van der Waals surface area contributed by atoms with Crippen molar-refractivity contribution >= 4 is 29.9 Å². The van der Waals surface area contributed by atoms with Crippen LogP contribution >= 0.6 is 24.0 Å². The first-order valence-electron chi connectivity index (χ1n) is 9.84. The first-order valence-corrected chi connectivity index (χ1v) is 9.84. The summed E-state index contributed by atoms with van der Waals surface area (Å²) in [6.07, 6.45) is 10.4. The fourth-order valence-corrected chi connectivity index (χ4v) is 3.22. The number of nitrogens with one attached hydrogen (secondary N) is 1. The van der Waals surface area contributed by atoms with Gasteiger partial charge in [-0.1, -0.05) is 20.3 Å². The van der Waals surface area contributed by atoms with Gasteiger partial charge in [0.2, 0.25) is 0 Å². The van der Waals surface area contributed by atoms with Crippen LogP contribution in [0.5, 0.6) is 0 Å². The number of hydrogen-bond acceptors (Lipinski definition) is 3. The number of aromatic nitrogens is 2. The van der Waals surface area contributed by atoms with Crippen LogP contribution in [0.15, 0.2) is 23.7 Å². The van der Waals surface area contributed by atoms with Crippen molar-refractivity contribution in [2.24, 2.45) is 10.9 Å². The Morgan fingerprint density at radius 2 is 2.12 bits per heavy atom. The van der Waals surface area contributed by atoms with Gasteiger partial charge < -0.3 is 19.5 Å². The van der Waals surface area contributed by atoms with Gasteiger partial charge in [0.25, 0.3) is 0 Å². The second kappa shape index (κ2) is 13.4. The summed E-state index contributed by atoms with van der Waals surface area (Å²) in [4.78, 5) is 11.4. The van der Waals surface area contributed by atoms with Crippen molar-refractivity contribution in [2.45, 2.75) is 52.5 Å². The van der Waals surface area contributed by atoms with Crippen LogP contribution in [0.2, 0.25) is 0 Å². The smallest absolute Gasteiger partial charge is 0.193 e. The molecule has 2 atom stereocenters. The van der Waals surface area contributed by atoms with Crippen molar-refractivity contribution in [2.75, 3.05) is 39.4 Å². The zero-order chi connectivity index (χ0) is 17.9. The molecule has 2 rings (SSSR count). The fraction of sp³-hybridized carbons (Fsp3) is 0.789. The third-order valence-corrected chi connectivity index (χ3v) is 4.81. The summed E-state index contributed by atoms with van der Waals surface area (Å²) in [6, 6.07) is 0.456. The summed E-state index contributed by atoms with van der Waals surface area (Å²) in [5, 5.41) is 3.45. The summed E-state index contributed by atoms with van der Waals surface area (Å²) in [5.74, 6) is 1.69. The topological polar surface area (TPSA) is 54.7 Å². The molecule has 1 N–H and O–H groups in total. The van der Waals surface area contributed by atoms with Gasteiger partial charge in [-0.2, -0.15) is 0 Å². The Morgan fingerprint density at radius 1 is 1.31 bits per heavy atom. The number of rotatable bonds is 9. The van der Waals surface area contributed by atoms with Gasteiger partial charge in [-0.3, -0.25) is 4.99 Å². The number of halogens is 1. The Morgan fingerprint density at radius 3 is 2.81 bits per heavy atom. The lowest BCUT2D eigenvalue weighted by atomic mass is 9.93. The van der Waals surface area contributed by atoms with Gasteiger partial charge in [0.05, 0.1) is 12.4 Å². The van der Waals surface area contributed by atoms with Crippen LogP contribution in [-0.4, -0.2) is 59.8 Å². The highest BCUT2D eigenvalue weighted by Gasteiger charge is 2.28. The highest BCUT2D eigenvalue weighted by atomic mass is 127. The van der Waals surface area contributed by atoms with Gasteiger partial charge in [-0.25, -0.2) is 4.98 Å². The number of unbranched alkanes of at least 4 members (excludes halogenated alkanes) is 1. The second-order valence-electron chi connectivity index (χ2n) is 6.84. The first-order chi connectivity index (χ1) is 12.3. The van der Waals surface area contributed by atoms with Crippen molar-refractivity contribution < 1.29 is 4.74 Å². The molecule has 1 aliphatic rings. The molecule has 0 saturated carbocycles. The van der Waals surface area contributed by atoms with Crippen LogP contribution in [0.1, 0.15) is 52.5 Å². The monoisotopic (exact) mass is 477 g/mol. The molecule has 6 nitrogen and oxygen atoms in total. The van der Waals surface area contributed by atoms with Gasteiger partial charge in [-0.15, -0.1) is 24.0 Å². The summed E-state index contributed by atoms with van der Waals surface area (Å²) in [5.41, 5.74) is 0. The quantitative estimate of drug-likeness (QED) is 0.256. The predicted molar refractivity (Wildman–Crippen MR) is 118 cm³/mol. The maximum Gasteiger partial charge on any atom is 0.193 e. The maximum atomic E-state index is 5.63. The molecule has 1 aromatic heterocycles. The molecule has 26 heavy (non-hydrogen) atoms. The minimum Gasteiger partial charge on any atom is -0.381 e. The molecule has 150 valence electrons. The lowest BCUT2D eigenvalue weighted by molar-refractivity contribution is 0.130. The van der Waals surface area contributed by atoms with Crippen molar-refractivity contribution in [1.82, 2.24) is 19.8 Å². The largest absolute Gasteiger partial charge is 0.381 e. The molecule has 0 amide bonds. The number of guanidine groups is 1. The van der Waals surface area contributed by atoms with Gasteiger partial charge in [0.1, 0.15) is 0 Å². The van der Waals surface area contributed by atoms with Crippen LogP contribution < -0.4 is 5.32 Å². The molecule has 2 unspecified atom stereocenters. The van der Waals surface area contributed by atoms with Gasteiger partial charge >= 0.3 is 0 Å². The Labute approximate surface area is 175 Å². The number of imidazole rings is 1. The molecule has 1 aromatic rings. The van der Waals surface area contributed by atoms with Crippen molar-refractivity contribution in [1.29, 1.82) is 0 Å². The third kappa shape index (κ3) is 7.42. The summed E-state index contributed by atoms with van der Waals surface area (Å²) >= 11 is 0. The van der Waals surface area contributed by atoms with Crippen LogP contribution in [0.4, 0.5) is 0 Å². The molecule has 2 heterocycles. The summed E-state index contributed by atoms with van der Waals surface area (Å²) < 4.78 is 7.87. The number of aliphatic imine (C=N–C) groups is 1. The van der Waals surface area contributed by atoms with E-state index in [1.54, 1.807) is 0 Å². The van der Waals surface area contributed by atoms with E-state index in [0.717, 1.165) is 58.2 Å². The fourth-order valence-electron chi connectivity index (χ4n) is 3.22. The average molecular weight is 477 g/mol. The zero-order valence-corrected chi connectivity index (χ0v) is 18.9. The standard InChI is InChI=1S/C19H35N5O.HI/c1-4-6-13-25-14-7-9-22-19(21-5-2)23-11-8-17(3)18(15-23)24-12-10-20-16-24;/h10,12,16-18H,4-9,11,13-15H2,1-3H3,(H,21,22);1H. The van der Waals surface area contributed by atoms with E-state index < -0.39 is 0 Å². The van der Waals surface area contributed by atoms with E-state index in [2.05, 4.69) is 46.7 Å². The molecule has 1 aliphatic heterocycles. The number of piperidine rings is 1. The first kappa shape index (κ1) is 23.2. The van der Waals surface area contributed by atoms with E-state index in [1.807, 2.05) is 12.5 Å². The van der Waals surface area contributed by atoms with Crippen LogP contribution in [0, 0.1) is 5.92 Å². The molecule has 0 aromatic carbocycles. The van der Waals surface area contributed by atoms with Crippen LogP contribution in [0.3, 0.4) is 0 Å². The number of likely N-dealkylation sites (tertiary alicyclic amines) is 1. The average Bonchev–Trinajstić information content (AvgIpc) is 3.15. The predicted octanol–water partition coefficient (Wildman–Crippen LogP) is 3.56. The van der Waals surface area contributed by atoms with E-state index in [-0.39, 0.29) is 24.0 Å². The molecule has 1 fully saturated rings. The highest BCUT2D eigenvalue weighted by Crippen LogP contribution is 2.27. The van der Waals surface area contributed by atoms with Crippen molar-refractivity contribution in [3.63, 3.8) is 0 Å². The number of ether oxygens (including phenoxy) is 1. The SMILES string of the molecule is CCCCOCCCN=C(NCC)N1CCC(C)C(n2ccnc2)C1.I. The minimum absolute atomic E-state index is 0. The Kier molecular flexibility index (Phi) is 11.9. The molecular formula is C19H36IN5O. The molecule has 0 radical (unpaired) electrons. The molecule has 7 heteroatoms. The van der Waals surface area contributed by atoms with E-state index in [9.17, 15) is 0 Å². The van der Waals surface area contributed by atoms with E-state index in [1.165, 1.54) is 12.8 Å². The number of nitrogens with zero attached hydrogens (tertiary/aromatic N) is 4. The molecule has 0 aliphatic carbocycles. The third-order valence-electron chi connectivity index (χ3n) is 4.81. The van der Waals surface area contributed by atoms with Gasteiger partial charge in [-0.05, 0) is 32.1 Å². The van der Waals surface area contributed by atoms with Crippen LogP contribution in [-0.2, 0) is 4.74 Å². The summed E-state index contributed by atoms with van der Waals surface area (Å²) in [6.45, 7) is 12.1. The Hall–Kier alpha value is -0.830.